The highest BCUT2D eigenvalue weighted by molar-refractivity contribution is 5.80. The van der Waals surface area contributed by atoms with Gasteiger partial charge in [0.15, 0.2) is 11.5 Å². The third-order valence-corrected chi connectivity index (χ3v) is 8.48. The molecule has 14 nitrogen and oxygen atoms in total. The second-order valence-corrected chi connectivity index (χ2v) is 10.9. The molecule has 3 aliphatic rings. The molecule has 1 saturated heterocycles. The number of hydrogen-bond acceptors (Lipinski definition) is 13. The van der Waals surface area contributed by atoms with Crippen molar-refractivity contribution in [2.24, 2.45) is 0 Å². The maximum atomic E-state index is 12.3. The molecular formula is C31H33NO13. The smallest absolute Gasteiger partial charge is 0.343 e. The SMILES string of the molecule is CNC(O)C1(C(=O)O)OC(Oc2cc3c(c(-c4cccc(O)c4)c2)C2Oc4c(ccc(OC)c4OC)C2CO3)C(O)C(O)C1O. The number of aliphatic carboxylic acids is 1. The summed E-state index contributed by atoms with van der Waals surface area (Å²) in [6.07, 6.45) is -10.6. The van der Waals surface area contributed by atoms with E-state index in [-0.39, 0.29) is 24.0 Å². The molecule has 8 unspecified atom stereocenters. The molecule has 0 amide bonds. The van der Waals surface area contributed by atoms with Crippen LogP contribution in [-0.2, 0) is 9.53 Å². The molecule has 3 heterocycles. The van der Waals surface area contributed by atoms with Gasteiger partial charge in [0, 0.05) is 17.2 Å². The van der Waals surface area contributed by atoms with Crippen molar-refractivity contribution in [3.63, 3.8) is 0 Å². The Morgan fingerprint density at radius 1 is 1.07 bits per heavy atom. The average Bonchev–Trinajstić information content (AvgIpc) is 3.42. The molecule has 14 heteroatoms. The van der Waals surface area contributed by atoms with E-state index in [1.807, 2.05) is 6.07 Å². The van der Waals surface area contributed by atoms with Crippen molar-refractivity contribution in [2.75, 3.05) is 27.9 Å². The first-order valence-electron chi connectivity index (χ1n) is 14.0. The van der Waals surface area contributed by atoms with Crippen LogP contribution < -0.4 is 29.0 Å². The Morgan fingerprint density at radius 2 is 1.84 bits per heavy atom. The van der Waals surface area contributed by atoms with Gasteiger partial charge in [-0.15, -0.1) is 0 Å². The van der Waals surface area contributed by atoms with Gasteiger partial charge in [-0.05, 0) is 42.4 Å². The van der Waals surface area contributed by atoms with Crippen molar-refractivity contribution in [1.29, 1.82) is 0 Å². The number of rotatable bonds is 8. The highest BCUT2D eigenvalue weighted by Crippen LogP contribution is 2.58. The molecule has 0 bridgehead atoms. The van der Waals surface area contributed by atoms with Crippen molar-refractivity contribution in [2.45, 2.75) is 48.5 Å². The van der Waals surface area contributed by atoms with E-state index < -0.39 is 48.5 Å². The monoisotopic (exact) mass is 627 g/mol. The quantitative estimate of drug-likeness (QED) is 0.173. The molecule has 0 saturated carbocycles. The molecule has 0 aliphatic carbocycles. The van der Waals surface area contributed by atoms with Crippen LogP contribution in [0.15, 0.2) is 48.5 Å². The summed E-state index contributed by atoms with van der Waals surface area (Å²) in [6.45, 7) is 0.201. The molecule has 240 valence electrons. The number of phenols is 1. The van der Waals surface area contributed by atoms with Crippen LogP contribution in [0.3, 0.4) is 0 Å². The number of benzene rings is 3. The predicted molar refractivity (Wildman–Crippen MR) is 154 cm³/mol. The van der Waals surface area contributed by atoms with Gasteiger partial charge in [0.2, 0.25) is 17.6 Å². The van der Waals surface area contributed by atoms with E-state index in [1.54, 1.807) is 24.3 Å². The maximum absolute atomic E-state index is 12.3. The van der Waals surface area contributed by atoms with Gasteiger partial charge in [-0.1, -0.05) is 18.2 Å². The number of carboxylic acid groups (broad SMARTS) is 1. The van der Waals surface area contributed by atoms with Crippen molar-refractivity contribution in [3.8, 4) is 45.6 Å². The third-order valence-electron chi connectivity index (χ3n) is 8.48. The molecule has 6 rings (SSSR count). The molecule has 0 radical (unpaired) electrons. The molecule has 3 aliphatic heterocycles. The number of hydrogen-bond donors (Lipinski definition) is 7. The zero-order chi connectivity index (χ0) is 32.2. The van der Waals surface area contributed by atoms with Crippen LogP contribution in [0.25, 0.3) is 11.1 Å². The summed E-state index contributed by atoms with van der Waals surface area (Å²) in [5, 5.41) is 65.0. The number of aromatic hydroxyl groups is 1. The highest BCUT2D eigenvalue weighted by Gasteiger charge is 2.63. The van der Waals surface area contributed by atoms with E-state index in [2.05, 4.69) is 5.32 Å². The number of aliphatic hydroxyl groups excluding tert-OH is 4. The van der Waals surface area contributed by atoms with E-state index in [0.29, 0.717) is 39.7 Å². The lowest BCUT2D eigenvalue weighted by molar-refractivity contribution is -0.327. The number of nitrogens with one attached hydrogen (secondary N) is 1. The van der Waals surface area contributed by atoms with Gasteiger partial charge >= 0.3 is 5.97 Å². The van der Waals surface area contributed by atoms with Gasteiger partial charge in [-0.2, -0.15) is 0 Å². The van der Waals surface area contributed by atoms with Crippen molar-refractivity contribution >= 4 is 5.97 Å². The summed E-state index contributed by atoms with van der Waals surface area (Å²) < 4.78 is 35.2. The molecule has 7 N–H and O–H groups in total. The normalized spacial score (nSPS) is 28.9. The number of likely N-dealkylation sites (N-methyl/N-ethyl adjacent to an activating group) is 1. The van der Waals surface area contributed by atoms with Crippen LogP contribution in [0.1, 0.15) is 23.1 Å². The predicted octanol–water partition coefficient (Wildman–Crippen LogP) is 0.865. The number of phenolic OH excluding ortho intramolecular Hbond substituents is 1. The zero-order valence-corrected chi connectivity index (χ0v) is 24.4. The van der Waals surface area contributed by atoms with Crippen LogP contribution in [0.2, 0.25) is 0 Å². The second kappa shape index (κ2) is 11.6. The number of carbonyl (C=O) groups is 1. The summed E-state index contributed by atoms with van der Waals surface area (Å²) >= 11 is 0. The lowest BCUT2D eigenvalue weighted by Crippen LogP contribution is -2.74. The van der Waals surface area contributed by atoms with Crippen LogP contribution in [0.4, 0.5) is 0 Å². The van der Waals surface area contributed by atoms with Gasteiger partial charge in [0.1, 0.15) is 47.9 Å². The van der Waals surface area contributed by atoms with Gasteiger partial charge in [0.05, 0.1) is 26.7 Å². The Labute approximate surface area is 256 Å². The maximum Gasteiger partial charge on any atom is 0.343 e. The number of aliphatic hydroxyl groups is 4. The van der Waals surface area contributed by atoms with Crippen LogP contribution in [-0.4, -0.2) is 101 Å². The largest absolute Gasteiger partial charge is 0.508 e. The van der Waals surface area contributed by atoms with E-state index in [9.17, 15) is 35.4 Å². The average molecular weight is 628 g/mol. The topological polar surface area (TPSA) is 206 Å². The van der Waals surface area contributed by atoms with Gasteiger partial charge in [-0.3, -0.25) is 5.32 Å². The van der Waals surface area contributed by atoms with Crippen LogP contribution in [0, 0.1) is 0 Å². The van der Waals surface area contributed by atoms with Crippen LogP contribution >= 0.6 is 0 Å². The molecule has 3 aromatic rings. The van der Waals surface area contributed by atoms with Gasteiger partial charge < -0.3 is 59.1 Å². The minimum Gasteiger partial charge on any atom is -0.508 e. The molecule has 0 spiro atoms. The summed E-state index contributed by atoms with van der Waals surface area (Å²) in [6, 6.07) is 13.2. The highest BCUT2D eigenvalue weighted by atomic mass is 16.7. The van der Waals surface area contributed by atoms with Crippen molar-refractivity contribution in [3.05, 3.63) is 59.7 Å². The minimum absolute atomic E-state index is 0.0154. The summed E-state index contributed by atoms with van der Waals surface area (Å²) in [5.74, 6) is -0.284. The van der Waals surface area contributed by atoms with Crippen LogP contribution in [0.5, 0.6) is 34.5 Å². The number of fused-ring (bicyclic) bond motifs is 5. The standard InChI is InChI=1S/C31H33NO13/c1-32-29(37)31(30(38)39)27(36)22(34)23(35)28(45-31)43-15-10-17(13-5-4-6-14(33)9-13)21-20(11-15)42-12-18-16-7-8-19(40-2)26(41-3)25(16)44-24(18)21/h4-11,18,22-24,27-29,32-37H,12H2,1-3H3,(H,38,39). The molecule has 45 heavy (non-hydrogen) atoms. The second-order valence-electron chi connectivity index (χ2n) is 10.9. The first-order chi connectivity index (χ1) is 21.5. The fourth-order valence-corrected chi connectivity index (χ4v) is 6.21. The lowest BCUT2D eigenvalue weighted by atomic mass is 9.84. The Hall–Kier alpha value is -4.31. The fraction of sp³-hybridized carbons (Fsp3) is 0.387. The fourth-order valence-electron chi connectivity index (χ4n) is 6.21. The van der Waals surface area contributed by atoms with Crippen molar-refractivity contribution in [1.82, 2.24) is 5.32 Å². The molecular weight excluding hydrogens is 594 g/mol. The molecule has 1 fully saturated rings. The summed E-state index contributed by atoms with van der Waals surface area (Å²) in [7, 11) is 4.27. The summed E-state index contributed by atoms with van der Waals surface area (Å²) in [4.78, 5) is 12.3. The first-order valence-corrected chi connectivity index (χ1v) is 14.0. The van der Waals surface area contributed by atoms with E-state index in [0.717, 1.165) is 5.56 Å². The Bertz CT molecular complexity index is 1610. The lowest BCUT2D eigenvalue weighted by Gasteiger charge is -2.47. The summed E-state index contributed by atoms with van der Waals surface area (Å²) in [5.41, 5.74) is -0.265. The van der Waals surface area contributed by atoms with E-state index in [1.165, 1.54) is 39.5 Å². The number of methoxy groups -OCH3 is 2. The van der Waals surface area contributed by atoms with Gasteiger partial charge in [0.25, 0.3) is 0 Å². The first kappa shape index (κ1) is 30.7. The Morgan fingerprint density at radius 3 is 2.51 bits per heavy atom. The molecule has 0 aromatic heterocycles. The third kappa shape index (κ3) is 4.77. The Balaban J connectivity index is 1.44. The van der Waals surface area contributed by atoms with Crippen molar-refractivity contribution < 1.29 is 63.9 Å². The van der Waals surface area contributed by atoms with E-state index >= 15 is 0 Å². The Kier molecular flexibility index (Phi) is 7.89. The molecule has 8 atom stereocenters. The van der Waals surface area contributed by atoms with E-state index in [4.69, 9.17) is 28.4 Å². The molecule has 3 aromatic carbocycles. The number of carboxylic acids is 1. The van der Waals surface area contributed by atoms with Gasteiger partial charge in [-0.25, -0.2) is 4.79 Å². The number of ether oxygens (including phenoxy) is 6. The minimum atomic E-state index is -2.80. The zero-order valence-electron chi connectivity index (χ0n) is 24.4.